The third-order valence-electron chi connectivity index (χ3n) is 4.58. The van der Waals surface area contributed by atoms with Crippen molar-refractivity contribution < 1.29 is 24.1 Å². The normalized spacial score (nSPS) is 16.8. The summed E-state index contributed by atoms with van der Waals surface area (Å²) < 4.78 is 16.5. The predicted molar refractivity (Wildman–Crippen MR) is 107 cm³/mol. The van der Waals surface area contributed by atoms with Gasteiger partial charge in [-0.3, -0.25) is 0 Å². The second-order valence-corrected chi connectivity index (χ2v) is 7.20. The average Bonchev–Trinajstić information content (AvgIpc) is 3.23. The van der Waals surface area contributed by atoms with E-state index in [4.69, 9.17) is 25.1 Å². The van der Waals surface area contributed by atoms with Gasteiger partial charge in [-0.1, -0.05) is 0 Å². The maximum absolute atomic E-state index is 11.1. The number of benzene rings is 1. The number of anilines is 2. The van der Waals surface area contributed by atoms with Crippen LogP contribution in [0, 0.1) is 0 Å². The number of aromatic carboxylic acids is 1. The van der Waals surface area contributed by atoms with Crippen molar-refractivity contribution in [3.8, 4) is 11.5 Å². The molecular formula is C18H19N5O5S. The van der Waals surface area contributed by atoms with Crippen LogP contribution in [0.1, 0.15) is 21.6 Å². The number of methoxy groups -OCH3 is 2. The minimum absolute atomic E-state index is 0.0120. The monoisotopic (exact) mass is 417 g/mol. The van der Waals surface area contributed by atoms with E-state index >= 15 is 0 Å². The number of hydrogen-bond donors (Lipinski definition) is 2. The van der Waals surface area contributed by atoms with Crippen molar-refractivity contribution in [1.82, 2.24) is 15.0 Å². The van der Waals surface area contributed by atoms with Crippen molar-refractivity contribution in [3.63, 3.8) is 0 Å². The highest BCUT2D eigenvalue weighted by molar-refractivity contribution is 7.09. The Balaban J connectivity index is 1.65. The molecule has 0 spiro atoms. The fraction of sp³-hybridized carbons (Fsp3) is 0.333. The number of ether oxygens (including phenoxy) is 3. The molecule has 3 heterocycles. The first-order valence-electron chi connectivity index (χ1n) is 8.74. The van der Waals surface area contributed by atoms with Gasteiger partial charge < -0.3 is 30.0 Å². The molecule has 2 aromatic heterocycles. The predicted octanol–water partition coefficient (Wildman–Crippen LogP) is 1.96. The number of aromatic nitrogens is 3. The summed E-state index contributed by atoms with van der Waals surface area (Å²) in [7, 11) is 3.11. The zero-order chi connectivity index (χ0) is 20.5. The molecule has 11 heteroatoms. The van der Waals surface area contributed by atoms with Crippen LogP contribution in [0.5, 0.6) is 11.5 Å². The van der Waals surface area contributed by atoms with Gasteiger partial charge in [-0.25, -0.2) is 14.8 Å². The lowest BCUT2D eigenvalue weighted by Crippen LogP contribution is -2.39. The highest BCUT2D eigenvalue weighted by Gasteiger charge is 2.27. The molecule has 10 nitrogen and oxygen atoms in total. The van der Waals surface area contributed by atoms with Gasteiger partial charge in [0.2, 0.25) is 5.95 Å². The van der Waals surface area contributed by atoms with Gasteiger partial charge >= 0.3 is 5.97 Å². The number of carbonyl (C=O) groups is 1. The SMILES string of the molecule is COc1cc2nc(N3CCOC(c4nc(C(=O)O)cs4)C3)nc(N)c2cc1OC. The van der Waals surface area contributed by atoms with Gasteiger partial charge in [0.15, 0.2) is 17.2 Å². The van der Waals surface area contributed by atoms with E-state index in [2.05, 4.69) is 15.0 Å². The number of fused-ring (bicyclic) bond motifs is 1. The quantitative estimate of drug-likeness (QED) is 0.634. The molecule has 1 fully saturated rings. The highest BCUT2D eigenvalue weighted by atomic mass is 32.1. The van der Waals surface area contributed by atoms with E-state index in [1.54, 1.807) is 26.4 Å². The van der Waals surface area contributed by atoms with E-state index in [0.29, 0.717) is 58.9 Å². The Morgan fingerprint density at radius 3 is 2.72 bits per heavy atom. The van der Waals surface area contributed by atoms with Gasteiger partial charge in [0.25, 0.3) is 0 Å². The molecule has 1 atom stereocenters. The molecule has 29 heavy (non-hydrogen) atoms. The molecule has 1 unspecified atom stereocenters. The summed E-state index contributed by atoms with van der Waals surface area (Å²) in [4.78, 5) is 26.3. The fourth-order valence-corrected chi connectivity index (χ4v) is 3.95. The van der Waals surface area contributed by atoms with Gasteiger partial charge in [0.05, 0.1) is 32.9 Å². The maximum atomic E-state index is 11.1. The van der Waals surface area contributed by atoms with Crippen molar-refractivity contribution in [2.75, 3.05) is 44.5 Å². The lowest BCUT2D eigenvalue weighted by molar-refractivity contribution is 0.0389. The van der Waals surface area contributed by atoms with Crippen LogP contribution in [0.15, 0.2) is 17.5 Å². The Morgan fingerprint density at radius 2 is 2.03 bits per heavy atom. The maximum Gasteiger partial charge on any atom is 0.355 e. The number of nitrogen functional groups attached to an aromatic ring is 1. The van der Waals surface area contributed by atoms with Gasteiger partial charge in [0.1, 0.15) is 16.9 Å². The lowest BCUT2D eigenvalue weighted by atomic mass is 10.2. The van der Waals surface area contributed by atoms with Crippen LogP contribution in [-0.2, 0) is 4.74 Å². The van der Waals surface area contributed by atoms with Crippen LogP contribution < -0.4 is 20.1 Å². The molecule has 4 rings (SSSR count). The summed E-state index contributed by atoms with van der Waals surface area (Å²) in [5.41, 5.74) is 6.83. The number of morpholine rings is 1. The van der Waals surface area contributed by atoms with Crippen molar-refractivity contribution in [2.45, 2.75) is 6.10 Å². The second kappa shape index (κ2) is 7.68. The highest BCUT2D eigenvalue weighted by Crippen LogP contribution is 2.35. The summed E-state index contributed by atoms with van der Waals surface area (Å²) in [6, 6.07) is 3.51. The van der Waals surface area contributed by atoms with Crippen LogP contribution in [0.3, 0.4) is 0 Å². The number of hydrogen-bond acceptors (Lipinski definition) is 10. The average molecular weight is 417 g/mol. The van der Waals surface area contributed by atoms with E-state index in [0.717, 1.165) is 0 Å². The molecule has 0 bridgehead atoms. The van der Waals surface area contributed by atoms with Gasteiger partial charge in [-0.15, -0.1) is 11.3 Å². The zero-order valence-corrected chi connectivity index (χ0v) is 16.6. The molecule has 152 valence electrons. The van der Waals surface area contributed by atoms with Crippen LogP contribution >= 0.6 is 11.3 Å². The smallest absolute Gasteiger partial charge is 0.355 e. The number of rotatable bonds is 5. The van der Waals surface area contributed by atoms with Crippen molar-refractivity contribution in [3.05, 3.63) is 28.2 Å². The number of carboxylic acids is 1. The number of nitrogens with two attached hydrogens (primary N) is 1. The molecule has 1 aliphatic heterocycles. The number of nitrogens with zero attached hydrogens (tertiary/aromatic N) is 4. The van der Waals surface area contributed by atoms with Crippen molar-refractivity contribution in [1.29, 1.82) is 0 Å². The Labute approximate surface area is 169 Å². The largest absolute Gasteiger partial charge is 0.493 e. The molecular weight excluding hydrogens is 398 g/mol. The number of carboxylic acid groups (broad SMARTS) is 1. The van der Waals surface area contributed by atoms with Gasteiger partial charge in [-0.2, -0.15) is 4.98 Å². The van der Waals surface area contributed by atoms with E-state index in [-0.39, 0.29) is 11.8 Å². The van der Waals surface area contributed by atoms with Crippen LogP contribution in [0.2, 0.25) is 0 Å². The molecule has 0 amide bonds. The van der Waals surface area contributed by atoms with Crippen LogP contribution in [0.4, 0.5) is 11.8 Å². The Hall–Kier alpha value is -3.18. The third-order valence-corrected chi connectivity index (χ3v) is 5.52. The van der Waals surface area contributed by atoms with Crippen LogP contribution in [0.25, 0.3) is 10.9 Å². The Morgan fingerprint density at radius 1 is 1.28 bits per heavy atom. The molecule has 0 saturated carbocycles. The molecule has 0 aliphatic carbocycles. The fourth-order valence-electron chi connectivity index (χ4n) is 3.12. The molecule has 3 N–H and O–H groups in total. The first kappa shape index (κ1) is 19.2. The Kier molecular flexibility index (Phi) is 5.07. The van der Waals surface area contributed by atoms with Gasteiger partial charge in [-0.05, 0) is 6.07 Å². The van der Waals surface area contributed by atoms with Gasteiger partial charge in [0, 0.05) is 23.4 Å². The summed E-state index contributed by atoms with van der Waals surface area (Å²) in [5, 5.41) is 11.9. The second-order valence-electron chi connectivity index (χ2n) is 6.31. The minimum atomic E-state index is -1.06. The van der Waals surface area contributed by atoms with E-state index in [1.807, 2.05) is 4.90 Å². The van der Waals surface area contributed by atoms with E-state index < -0.39 is 5.97 Å². The van der Waals surface area contributed by atoms with E-state index in [9.17, 15) is 4.79 Å². The minimum Gasteiger partial charge on any atom is -0.493 e. The summed E-state index contributed by atoms with van der Waals surface area (Å²) >= 11 is 1.26. The molecule has 1 aromatic carbocycles. The summed E-state index contributed by atoms with van der Waals surface area (Å²) in [6.07, 6.45) is -0.368. The van der Waals surface area contributed by atoms with Crippen molar-refractivity contribution >= 4 is 40.0 Å². The Bertz CT molecular complexity index is 1070. The molecule has 3 aromatic rings. The first-order chi connectivity index (χ1) is 14.0. The molecule has 1 aliphatic rings. The van der Waals surface area contributed by atoms with E-state index in [1.165, 1.54) is 16.7 Å². The van der Waals surface area contributed by atoms with Crippen molar-refractivity contribution in [2.24, 2.45) is 0 Å². The zero-order valence-electron chi connectivity index (χ0n) is 15.8. The van der Waals surface area contributed by atoms with Crippen LogP contribution in [-0.4, -0.2) is 59.9 Å². The lowest BCUT2D eigenvalue weighted by Gasteiger charge is -2.32. The summed E-state index contributed by atoms with van der Waals surface area (Å²) in [5.74, 6) is 0.831. The summed E-state index contributed by atoms with van der Waals surface area (Å²) in [6.45, 7) is 1.44. The third kappa shape index (κ3) is 3.61. The molecule has 0 radical (unpaired) electrons. The molecule has 1 saturated heterocycles. The standard InChI is InChI=1S/C18H19N5O5S/c1-26-12-5-9-10(6-13(12)27-2)21-18(22-15(9)19)23-3-4-28-14(7-23)16-20-11(8-29-16)17(24)25/h5-6,8,14H,3-4,7H2,1-2H3,(H,24,25)(H2,19,21,22). The first-order valence-corrected chi connectivity index (χ1v) is 9.62. The topological polar surface area (TPSA) is 133 Å². The number of thiazole rings is 1.